The summed E-state index contributed by atoms with van der Waals surface area (Å²) < 4.78 is 0. The Labute approximate surface area is 179 Å². The highest BCUT2D eigenvalue weighted by atomic mass is 16.3. The van der Waals surface area contributed by atoms with Crippen molar-refractivity contribution < 1.29 is 9.90 Å². The fourth-order valence-electron chi connectivity index (χ4n) is 4.35. The van der Waals surface area contributed by atoms with Gasteiger partial charge in [-0.05, 0) is 49.6 Å². The van der Waals surface area contributed by atoms with Crippen LogP contribution in [0.1, 0.15) is 29.6 Å². The molecule has 2 aliphatic heterocycles. The number of nitrogens with one attached hydrogen (secondary N) is 1. The first-order valence-electron chi connectivity index (χ1n) is 11.1. The molecule has 2 aliphatic rings. The number of carbonyl (C=O) groups excluding carboxylic acids is 1. The van der Waals surface area contributed by atoms with E-state index in [0.29, 0.717) is 5.56 Å². The van der Waals surface area contributed by atoms with Crippen molar-refractivity contribution in [2.75, 3.05) is 62.6 Å². The van der Waals surface area contributed by atoms with E-state index in [2.05, 4.69) is 45.4 Å². The minimum atomic E-state index is 0.0181. The average Bonchev–Trinajstić information content (AvgIpc) is 2.81. The van der Waals surface area contributed by atoms with Gasteiger partial charge in [0.1, 0.15) is 5.75 Å². The van der Waals surface area contributed by atoms with Gasteiger partial charge in [0.05, 0.1) is 5.56 Å². The minimum Gasteiger partial charge on any atom is -0.508 e. The lowest BCUT2D eigenvalue weighted by molar-refractivity contribution is 0.0725. The van der Waals surface area contributed by atoms with E-state index in [4.69, 9.17) is 0 Å². The zero-order valence-electron chi connectivity index (χ0n) is 17.6. The van der Waals surface area contributed by atoms with Gasteiger partial charge in [0.15, 0.2) is 0 Å². The Morgan fingerprint density at radius 3 is 2.37 bits per heavy atom. The third-order valence-corrected chi connectivity index (χ3v) is 6.11. The van der Waals surface area contributed by atoms with Gasteiger partial charge in [-0.25, -0.2) is 0 Å². The van der Waals surface area contributed by atoms with E-state index in [0.717, 1.165) is 70.9 Å². The number of phenols is 1. The van der Waals surface area contributed by atoms with Crippen LogP contribution in [-0.2, 0) is 0 Å². The van der Waals surface area contributed by atoms with Crippen molar-refractivity contribution in [1.29, 1.82) is 0 Å². The van der Waals surface area contributed by atoms with E-state index >= 15 is 0 Å². The predicted octanol–water partition coefficient (Wildman–Crippen LogP) is 3.25. The van der Waals surface area contributed by atoms with Gasteiger partial charge >= 0.3 is 0 Å². The van der Waals surface area contributed by atoms with Gasteiger partial charge in [0.25, 0.3) is 5.91 Å². The molecule has 30 heavy (non-hydrogen) atoms. The number of phenolic OH excluding ortho intramolecular Hbond substituents is 1. The van der Waals surface area contributed by atoms with Crippen molar-refractivity contribution in [1.82, 2.24) is 9.80 Å². The monoisotopic (exact) mass is 408 g/mol. The Bertz CT molecular complexity index is 828. The molecule has 0 aromatic heterocycles. The summed E-state index contributed by atoms with van der Waals surface area (Å²) in [6.07, 6.45) is 3.30. The lowest BCUT2D eigenvalue weighted by Gasteiger charge is -2.36. The Hall–Kier alpha value is -2.73. The second-order valence-electron chi connectivity index (χ2n) is 8.17. The molecule has 6 heteroatoms. The van der Waals surface area contributed by atoms with E-state index in [-0.39, 0.29) is 11.7 Å². The van der Waals surface area contributed by atoms with Crippen LogP contribution in [0.2, 0.25) is 0 Å². The van der Waals surface area contributed by atoms with Gasteiger partial charge < -0.3 is 20.2 Å². The molecule has 0 unspecified atom stereocenters. The maximum atomic E-state index is 13.0. The maximum absolute atomic E-state index is 13.0. The number of aromatic hydroxyl groups is 1. The van der Waals surface area contributed by atoms with Gasteiger partial charge in [-0.3, -0.25) is 9.69 Å². The van der Waals surface area contributed by atoms with Gasteiger partial charge in [0, 0.05) is 63.7 Å². The number of piperidine rings is 1. The molecule has 2 fully saturated rings. The number of benzene rings is 2. The van der Waals surface area contributed by atoms with Crippen molar-refractivity contribution in [3.63, 3.8) is 0 Å². The molecule has 2 saturated heterocycles. The molecule has 0 saturated carbocycles. The predicted molar refractivity (Wildman–Crippen MR) is 121 cm³/mol. The van der Waals surface area contributed by atoms with Crippen LogP contribution in [-0.4, -0.2) is 73.2 Å². The number of rotatable bonds is 6. The molecule has 0 radical (unpaired) electrons. The first-order valence-corrected chi connectivity index (χ1v) is 11.1. The van der Waals surface area contributed by atoms with Crippen molar-refractivity contribution >= 4 is 17.3 Å². The average molecular weight is 409 g/mol. The molecule has 0 atom stereocenters. The van der Waals surface area contributed by atoms with E-state index in [1.54, 1.807) is 12.1 Å². The number of hydrogen-bond donors (Lipinski definition) is 2. The van der Waals surface area contributed by atoms with E-state index in [9.17, 15) is 9.90 Å². The molecule has 1 amide bonds. The maximum Gasteiger partial charge on any atom is 0.256 e. The molecule has 2 aromatic carbocycles. The van der Waals surface area contributed by atoms with Gasteiger partial charge in [-0.15, -0.1) is 0 Å². The van der Waals surface area contributed by atoms with Crippen LogP contribution >= 0.6 is 0 Å². The molecular weight excluding hydrogens is 376 g/mol. The first-order chi connectivity index (χ1) is 14.7. The van der Waals surface area contributed by atoms with Crippen molar-refractivity contribution in [2.24, 2.45) is 0 Å². The topological polar surface area (TPSA) is 59.1 Å². The highest BCUT2D eigenvalue weighted by Gasteiger charge is 2.22. The number of hydrogen-bond acceptors (Lipinski definition) is 5. The summed E-state index contributed by atoms with van der Waals surface area (Å²) in [6, 6.07) is 15.6. The molecule has 2 N–H and O–H groups in total. The largest absolute Gasteiger partial charge is 0.508 e. The van der Waals surface area contributed by atoms with Crippen LogP contribution in [0.5, 0.6) is 5.75 Å². The Morgan fingerprint density at radius 1 is 0.900 bits per heavy atom. The van der Waals surface area contributed by atoms with Crippen LogP contribution < -0.4 is 10.2 Å². The normalized spacial score (nSPS) is 17.7. The van der Waals surface area contributed by atoms with Crippen LogP contribution in [0.25, 0.3) is 0 Å². The van der Waals surface area contributed by atoms with Crippen LogP contribution in [0, 0.1) is 0 Å². The fourth-order valence-corrected chi connectivity index (χ4v) is 4.35. The van der Waals surface area contributed by atoms with Crippen molar-refractivity contribution in [3.8, 4) is 5.75 Å². The van der Waals surface area contributed by atoms with Crippen molar-refractivity contribution in [3.05, 3.63) is 54.1 Å². The number of amides is 1. The summed E-state index contributed by atoms with van der Waals surface area (Å²) >= 11 is 0. The lowest BCUT2D eigenvalue weighted by atomic mass is 10.1. The summed E-state index contributed by atoms with van der Waals surface area (Å²) in [5.74, 6) is 0.155. The van der Waals surface area contributed by atoms with E-state index < -0.39 is 0 Å². The quantitative estimate of drug-likeness (QED) is 0.719. The van der Waals surface area contributed by atoms with Gasteiger partial charge in [-0.1, -0.05) is 18.2 Å². The Kier molecular flexibility index (Phi) is 6.74. The molecule has 2 aromatic rings. The summed E-state index contributed by atoms with van der Waals surface area (Å²) in [5, 5.41) is 13.4. The second-order valence-corrected chi connectivity index (χ2v) is 8.17. The molecule has 160 valence electrons. The zero-order valence-corrected chi connectivity index (χ0v) is 17.6. The highest BCUT2D eigenvalue weighted by Crippen LogP contribution is 2.24. The third-order valence-electron chi connectivity index (χ3n) is 6.11. The number of nitrogens with zero attached hydrogens (tertiary/aromatic N) is 3. The van der Waals surface area contributed by atoms with Gasteiger partial charge in [0.2, 0.25) is 0 Å². The Morgan fingerprint density at radius 2 is 1.63 bits per heavy atom. The molecule has 0 spiro atoms. The smallest absolute Gasteiger partial charge is 0.256 e. The number of piperazine rings is 1. The van der Waals surface area contributed by atoms with Crippen LogP contribution in [0.3, 0.4) is 0 Å². The lowest BCUT2D eigenvalue weighted by Crippen LogP contribution is -2.47. The number of anilines is 2. The molecule has 6 nitrogen and oxygen atoms in total. The third kappa shape index (κ3) is 5.05. The molecule has 0 bridgehead atoms. The summed E-state index contributed by atoms with van der Waals surface area (Å²) in [4.78, 5) is 19.8. The van der Waals surface area contributed by atoms with Gasteiger partial charge in [-0.2, -0.15) is 0 Å². The summed E-state index contributed by atoms with van der Waals surface area (Å²) in [7, 11) is 0. The number of carbonyl (C=O) groups is 1. The first kappa shape index (κ1) is 20.5. The summed E-state index contributed by atoms with van der Waals surface area (Å²) in [6.45, 7) is 7.44. The standard InChI is InChI=1S/C24H32N4O2/c29-21-9-10-23(22(19-21)24(30)28-12-5-2-6-13-28)25-11-14-26-15-17-27(18-16-26)20-7-3-1-4-8-20/h1,3-4,7-10,19,25,29H,2,5-6,11-18H2. The SMILES string of the molecule is O=C(c1cc(O)ccc1NCCN1CCN(c2ccccc2)CC1)N1CCCCC1. The number of para-hydroxylation sites is 1. The highest BCUT2D eigenvalue weighted by molar-refractivity contribution is 6.00. The Balaban J connectivity index is 1.29. The minimum absolute atomic E-state index is 0.0181. The van der Waals surface area contributed by atoms with E-state index in [1.807, 2.05) is 11.0 Å². The molecule has 4 rings (SSSR count). The summed E-state index contributed by atoms with van der Waals surface area (Å²) in [5.41, 5.74) is 2.68. The second kappa shape index (κ2) is 9.85. The molecule has 2 heterocycles. The van der Waals surface area contributed by atoms with Crippen molar-refractivity contribution in [2.45, 2.75) is 19.3 Å². The molecule has 0 aliphatic carbocycles. The fraction of sp³-hybridized carbons (Fsp3) is 0.458. The van der Waals surface area contributed by atoms with E-state index in [1.165, 1.54) is 12.1 Å². The molecular formula is C24H32N4O2. The zero-order chi connectivity index (χ0) is 20.8. The number of likely N-dealkylation sites (tertiary alicyclic amines) is 1. The van der Waals surface area contributed by atoms with Crippen LogP contribution in [0.4, 0.5) is 11.4 Å². The van der Waals surface area contributed by atoms with Crippen LogP contribution in [0.15, 0.2) is 48.5 Å².